The van der Waals surface area contributed by atoms with Crippen LogP contribution in [0, 0.1) is 0 Å². The van der Waals surface area contributed by atoms with E-state index in [4.69, 9.17) is 9.47 Å². The predicted octanol–water partition coefficient (Wildman–Crippen LogP) is 4.12. The third kappa shape index (κ3) is 4.47. The summed E-state index contributed by atoms with van der Waals surface area (Å²) >= 11 is 0. The standard InChI is InChI=1S/C29H31N5O4/c1-37-23-13-7-6-12-22(23)28(16-17-28)32-26(36)29(14-8-3-9-15-29)38-19-21-18-24(35)34-27(30-21)31-25(33-34)20-10-4-2-5-11-20/h2,4-7,10-13,18H,3,8-9,14-17,19H2,1H3,(H,32,36)(H,30,31,33). The normalized spacial score (nSPS) is 17.7. The van der Waals surface area contributed by atoms with Crippen LogP contribution in [0.25, 0.3) is 17.2 Å². The molecule has 2 heterocycles. The van der Waals surface area contributed by atoms with Crippen molar-refractivity contribution >= 4 is 11.7 Å². The zero-order valence-electron chi connectivity index (χ0n) is 21.4. The fourth-order valence-corrected chi connectivity index (χ4v) is 5.46. The molecular formula is C29H31N5O4. The minimum Gasteiger partial charge on any atom is -0.496 e. The number of hydrogen-bond donors (Lipinski definition) is 2. The quantitative estimate of drug-likeness (QED) is 0.367. The molecule has 2 fully saturated rings. The summed E-state index contributed by atoms with van der Waals surface area (Å²) in [5.41, 5.74) is 0.620. The predicted molar refractivity (Wildman–Crippen MR) is 142 cm³/mol. The van der Waals surface area contributed by atoms with Gasteiger partial charge in [-0.05, 0) is 31.7 Å². The number of aromatic nitrogens is 4. The smallest absolute Gasteiger partial charge is 0.274 e. The van der Waals surface area contributed by atoms with E-state index in [0.29, 0.717) is 24.4 Å². The first-order chi connectivity index (χ1) is 18.5. The second kappa shape index (κ2) is 9.72. The highest BCUT2D eigenvalue weighted by molar-refractivity contribution is 5.86. The molecule has 9 heteroatoms. The molecule has 2 N–H and O–H groups in total. The number of nitrogens with zero attached hydrogens (tertiary/aromatic N) is 3. The summed E-state index contributed by atoms with van der Waals surface area (Å²) in [6.45, 7) is 0.0499. The average Bonchev–Trinajstić information content (AvgIpc) is 3.60. The van der Waals surface area contributed by atoms with Crippen LogP contribution in [0.5, 0.6) is 5.75 Å². The van der Waals surface area contributed by atoms with Crippen molar-refractivity contribution in [2.45, 2.75) is 62.7 Å². The molecule has 38 heavy (non-hydrogen) atoms. The fourth-order valence-electron chi connectivity index (χ4n) is 5.46. The largest absolute Gasteiger partial charge is 0.496 e. The van der Waals surface area contributed by atoms with Gasteiger partial charge >= 0.3 is 0 Å². The van der Waals surface area contributed by atoms with E-state index in [-0.39, 0.29) is 23.9 Å². The van der Waals surface area contributed by atoms with E-state index >= 15 is 0 Å². The number of hydrogen-bond acceptors (Lipinski definition) is 6. The van der Waals surface area contributed by atoms with Crippen molar-refractivity contribution in [2.75, 3.05) is 7.11 Å². The molecular weight excluding hydrogens is 482 g/mol. The van der Waals surface area contributed by atoms with Crippen LogP contribution in [-0.4, -0.2) is 38.2 Å². The Morgan fingerprint density at radius 1 is 1.00 bits per heavy atom. The van der Waals surface area contributed by atoms with Gasteiger partial charge in [0.1, 0.15) is 11.4 Å². The number of H-pyrrole nitrogens is 1. The van der Waals surface area contributed by atoms with Crippen molar-refractivity contribution in [3.63, 3.8) is 0 Å². The van der Waals surface area contributed by atoms with E-state index < -0.39 is 11.1 Å². The molecule has 4 aromatic rings. The van der Waals surface area contributed by atoms with Gasteiger partial charge in [0.15, 0.2) is 5.82 Å². The summed E-state index contributed by atoms with van der Waals surface area (Å²) in [4.78, 5) is 35.7. The van der Waals surface area contributed by atoms with E-state index in [9.17, 15) is 9.59 Å². The molecule has 0 aliphatic heterocycles. The lowest BCUT2D eigenvalue weighted by Gasteiger charge is -2.37. The Hall–Kier alpha value is -3.98. The monoisotopic (exact) mass is 513 g/mol. The van der Waals surface area contributed by atoms with E-state index in [1.54, 1.807) is 7.11 Å². The number of aromatic amines is 1. The number of carbonyl (C=O) groups excluding carboxylic acids is 1. The Labute approximate surface area is 220 Å². The van der Waals surface area contributed by atoms with Gasteiger partial charge in [0.2, 0.25) is 0 Å². The second-order valence-electron chi connectivity index (χ2n) is 10.2. The van der Waals surface area contributed by atoms with Gasteiger partial charge in [-0.3, -0.25) is 14.7 Å². The maximum Gasteiger partial charge on any atom is 0.274 e. The van der Waals surface area contributed by atoms with Crippen molar-refractivity contribution < 1.29 is 14.3 Å². The van der Waals surface area contributed by atoms with Crippen LogP contribution in [0.3, 0.4) is 0 Å². The van der Waals surface area contributed by atoms with Gasteiger partial charge in [-0.15, -0.1) is 0 Å². The van der Waals surface area contributed by atoms with Crippen LogP contribution in [0.2, 0.25) is 0 Å². The first-order valence-electron chi connectivity index (χ1n) is 13.2. The van der Waals surface area contributed by atoms with Crippen LogP contribution in [0.4, 0.5) is 0 Å². The maximum atomic E-state index is 13.8. The van der Waals surface area contributed by atoms with Gasteiger partial charge < -0.3 is 14.8 Å². The molecule has 196 valence electrons. The number of rotatable bonds is 8. The number of methoxy groups -OCH3 is 1. The van der Waals surface area contributed by atoms with Crippen LogP contribution >= 0.6 is 0 Å². The summed E-state index contributed by atoms with van der Waals surface area (Å²) in [7, 11) is 1.65. The van der Waals surface area contributed by atoms with E-state index in [1.165, 1.54) is 10.6 Å². The molecule has 2 aliphatic rings. The van der Waals surface area contributed by atoms with Crippen LogP contribution in [0.1, 0.15) is 56.2 Å². The third-order valence-corrected chi connectivity index (χ3v) is 7.73. The number of carbonyl (C=O) groups is 1. The van der Waals surface area contributed by atoms with Crippen LogP contribution in [-0.2, 0) is 21.7 Å². The molecule has 0 atom stereocenters. The number of fused-ring (bicyclic) bond motifs is 1. The summed E-state index contributed by atoms with van der Waals surface area (Å²) < 4.78 is 13.3. The number of ether oxygens (including phenoxy) is 2. The fraction of sp³-hybridized carbons (Fsp3) is 0.379. The van der Waals surface area contributed by atoms with Crippen LogP contribution in [0.15, 0.2) is 65.5 Å². The molecule has 0 bridgehead atoms. The highest BCUT2D eigenvalue weighted by atomic mass is 16.5. The summed E-state index contributed by atoms with van der Waals surface area (Å²) in [6.07, 6.45) is 5.84. The Morgan fingerprint density at radius 2 is 1.74 bits per heavy atom. The van der Waals surface area contributed by atoms with Crippen molar-refractivity contribution in [1.82, 2.24) is 24.9 Å². The zero-order chi connectivity index (χ0) is 26.2. The highest BCUT2D eigenvalue weighted by Crippen LogP contribution is 2.49. The van der Waals surface area contributed by atoms with Gasteiger partial charge in [-0.1, -0.05) is 67.8 Å². The Morgan fingerprint density at radius 3 is 2.47 bits per heavy atom. The number of nitrogens with one attached hydrogen (secondary N) is 2. The molecule has 0 spiro atoms. The topological polar surface area (TPSA) is 111 Å². The summed E-state index contributed by atoms with van der Waals surface area (Å²) in [5.74, 6) is 1.49. The zero-order valence-corrected chi connectivity index (χ0v) is 21.4. The van der Waals surface area contributed by atoms with Gasteiger partial charge in [-0.2, -0.15) is 9.50 Å². The molecule has 0 saturated heterocycles. The SMILES string of the molecule is COc1ccccc1C1(NC(=O)C2(OCc3cc(=O)n4[nH]c(-c5ccccc5)nc4n3)CCCCC2)CC1. The Bertz CT molecular complexity index is 1520. The molecule has 0 radical (unpaired) electrons. The minimum absolute atomic E-state index is 0.0499. The van der Waals surface area contributed by atoms with Crippen molar-refractivity contribution in [3.05, 3.63) is 82.3 Å². The van der Waals surface area contributed by atoms with Gasteiger partial charge in [0, 0.05) is 17.2 Å². The lowest BCUT2D eigenvalue weighted by molar-refractivity contribution is -0.155. The summed E-state index contributed by atoms with van der Waals surface area (Å²) in [6, 6.07) is 18.8. The number of benzene rings is 2. The third-order valence-electron chi connectivity index (χ3n) is 7.73. The van der Waals surface area contributed by atoms with E-state index in [1.807, 2.05) is 54.6 Å². The molecule has 1 amide bonds. The van der Waals surface area contributed by atoms with Gasteiger partial charge in [0.25, 0.3) is 17.2 Å². The highest BCUT2D eigenvalue weighted by Gasteiger charge is 2.51. The lowest BCUT2D eigenvalue weighted by Crippen LogP contribution is -2.53. The lowest BCUT2D eigenvalue weighted by atomic mass is 9.83. The van der Waals surface area contributed by atoms with Crippen molar-refractivity contribution in [2.24, 2.45) is 0 Å². The van der Waals surface area contributed by atoms with E-state index in [2.05, 4.69) is 20.4 Å². The minimum atomic E-state index is -0.969. The average molecular weight is 514 g/mol. The van der Waals surface area contributed by atoms with Gasteiger partial charge in [0.05, 0.1) is 24.9 Å². The van der Waals surface area contributed by atoms with Crippen molar-refractivity contribution in [3.8, 4) is 17.1 Å². The van der Waals surface area contributed by atoms with Crippen molar-refractivity contribution in [1.29, 1.82) is 0 Å². The van der Waals surface area contributed by atoms with Gasteiger partial charge in [-0.25, -0.2) is 4.98 Å². The molecule has 9 nitrogen and oxygen atoms in total. The first kappa shape index (κ1) is 24.4. The van der Waals surface area contributed by atoms with E-state index in [0.717, 1.165) is 49.0 Å². The Balaban J connectivity index is 1.24. The first-order valence-corrected chi connectivity index (χ1v) is 13.2. The Kier molecular flexibility index (Phi) is 6.23. The number of para-hydroxylation sites is 1. The molecule has 2 aromatic carbocycles. The van der Waals surface area contributed by atoms with Crippen LogP contribution < -0.4 is 15.6 Å². The maximum absolute atomic E-state index is 13.8. The number of amides is 1. The molecule has 0 unspecified atom stereocenters. The second-order valence-corrected chi connectivity index (χ2v) is 10.2. The molecule has 6 rings (SSSR count). The molecule has 2 aliphatic carbocycles. The summed E-state index contributed by atoms with van der Waals surface area (Å²) in [5, 5.41) is 6.33. The molecule has 2 aromatic heterocycles. The molecule has 2 saturated carbocycles.